The molecule has 1 atom stereocenters. The van der Waals surface area contributed by atoms with Crippen molar-refractivity contribution in [1.29, 1.82) is 0 Å². The van der Waals surface area contributed by atoms with Gasteiger partial charge in [0.2, 0.25) is 0 Å². The number of carbonyl (C=O) groups is 1. The molecule has 0 amide bonds. The molecule has 1 heterocycles. The second kappa shape index (κ2) is 7.51. The first-order chi connectivity index (χ1) is 12.5. The maximum atomic E-state index is 13.1. The molecule has 3 aromatic rings. The van der Waals surface area contributed by atoms with E-state index in [4.69, 9.17) is 0 Å². The van der Waals surface area contributed by atoms with Gasteiger partial charge in [-0.25, -0.2) is 4.79 Å². The predicted molar refractivity (Wildman–Crippen MR) is 99.9 cm³/mol. The van der Waals surface area contributed by atoms with E-state index in [9.17, 15) is 19.8 Å². The lowest BCUT2D eigenvalue weighted by Gasteiger charge is -2.20. The van der Waals surface area contributed by atoms with Crippen LogP contribution in [0.25, 0.3) is 16.5 Å². The van der Waals surface area contributed by atoms with Crippen LogP contribution in [0.5, 0.6) is 0 Å². The number of aliphatic hydroxyl groups excluding tert-OH is 1. The molecule has 1 unspecified atom stereocenters. The van der Waals surface area contributed by atoms with E-state index in [1.54, 1.807) is 55.5 Å². The van der Waals surface area contributed by atoms with Gasteiger partial charge in [0.15, 0.2) is 0 Å². The molecule has 3 rings (SSSR count). The summed E-state index contributed by atoms with van der Waals surface area (Å²) >= 11 is 0. The molecule has 6 nitrogen and oxygen atoms in total. The number of carboxylic acids is 1. The van der Waals surface area contributed by atoms with Crippen molar-refractivity contribution in [2.24, 2.45) is 0 Å². The third-order valence-corrected chi connectivity index (χ3v) is 4.31. The summed E-state index contributed by atoms with van der Waals surface area (Å²) in [5.74, 6) is -1.10. The van der Waals surface area contributed by atoms with Gasteiger partial charge in [0.05, 0.1) is 17.9 Å². The quantitative estimate of drug-likeness (QED) is 0.632. The normalized spacial score (nSPS) is 12.2. The molecule has 3 N–H and O–H groups in total. The van der Waals surface area contributed by atoms with E-state index in [1.807, 2.05) is 6.07 Å². The molecule has 0 fully saturated rings. The number of pyridine rings is 1. The highest BCUT2D eigenvalue weighted by atomic mass is 16.4. The summed E-state index contributed by atoms with van der Waals surface area (Å²) < 4.78 is 1.43. The van der Waals surface area contributed by atoms with Crippen LogP contribution in [-0.4, -0.2) is 33.4 Å². The lowest BCUT2D eigenvalue weighted by molar-refractivity contribution is 0.0696. The summed E-state index contributed by atoms with van der Waals surface area (Å²) in [6.45, 7) is 1.83. The molecule has 0 bridgehead atoms. The molecule has 2 aromatic carbocycles. The summed E-state index contributed by atoms with van der Waals surface area (Å²) in [5, 5.41) is 22.9. The van der Waals surface area contributed by atoms with Crippen LogP contribution in [0.3, 0.4) is 0 Å². The van der Waals surface area contributed by atoms with Crippen LogP contribution < -0.4 is 10.9 Å². The summed E-state index contributed by atoms with van der Waals surface area (Å²) in [6.07, 6.45) is 0. The van der Waals surface area contributed by atoms with E-state index in [-0.39, 0.29) is 30.3 Å². The largest absolute Gasteiger partial charge is 0.478 e. The summed E-state index contributed by atoms with van der Waals surface area (Å²) in [5.41, 5.74) is 0.763. The first kappa shape index (κ1) is 17.8. The Kier molecular flexibility index (Phi) is 5.16. The Hall–Kier alpha value is -2.96. The molecule has 1 aromatic heterocycles. The maximum absolute atomic E-state index is 13.1. The van der Waals surface area contributed by atoms with Gasteiger partial charge in [0.1, 0.15) is 0 Å². The minimum atomic E-state index is -1.10. The van der Waals surface area contributed by atoms with Crippen molar-refractivity contribution >= 4 is 16.7 Å². The topological polar surface area (TPSA) is 91.6 Å². The molecule has 0 aliphatic carbocycles. The third kappa shape index (κ3) is 3.24. The zero-order valence-corrected chi connectivity index (χ0v) is 14.3. The van der Waals surface area contributed by atoms with Crippen LogP contribution in [0.1, 0.15) is 23.0 Å². The summed E-state index contributed by atoms with van der Waals surface area (Å²) in [6, 6.07) is 15.4. The van der Waals surface area contributed by atoms with Gasteiger partial charge in [-0.2, -0.15) is 0 Å². The second-order valence-electron chi connectivity index (χ2n) is 6.11. The average molecular weight is 352 g/mol. The van der Waals surface area contributed by atoms with E-state index in [0.717, 1.165) is 0 Å². The van der Waals surface area contributed by atoms with Crippen LogP contribution in [0.15, 0.2) is 59.4 Å². The van der Waals surface area contributed by atoms with E-state index in [0.29, 0.717) is 22.2 Å². The lowest BCUT2D eigenvalue weighted by Crippen LogP contribution is -2.34. The number of hydrogen-bond donors (Lipinski definition) is 3. The van der Waals surface area contributed by atoms with Gasteiger partial charge in [0.25, 0.3) is 5.56 Å². The fourth-order valence-corrected chi connectivity index (χ4v) is 2.99. The van der Waals surface area contributed by atoms with Crippen LogP contribution in [0.2, 0.25) is 0 Å². The number of nitrogens with one attached hydrogen (secondary N) is 1. The number of hydrogen-bond acceptors (Lipinski definition) is 4. The maximum Gasteiger partial charge on any atom is 0.338 e. The monoisotopic (exact) mass is 352 g/mol. The van der Waals surface area contributed by atoms with Crippen LogP contribution >= 0.6 is 0 Å². The average Bonchev–Trinajstić information content (AvgIpc) is 2.66. The zero-order chi connectivity index (χ0) is 18.7. The smallest absolute Gasteiger partial charge is 0.338 e. The highest BCUT2D eigenvalue weighted by Crippen LogP contribution is 2.22. The molecule has 0 saturated heterocycles. The van der Waals surface area contributed by atoms with Crippen LogP contribution in [0, 0.1) is 0 Å². The van der Waals surface area contributed by atoms with Crippen molar-refractivity contribution in [1.82, 2.24) is 9.88 Å². The fourth-order valence-electron chi connectivity index (χ4n) is 2.99. The molecule has 0 saturated carbocycles. The molecule has 26 heavy (non-hydrogen) atoms. The number of aromatic nitrogens is 1. The highest BCUT2D eigenvalue weighted by Gasteiger charge is 2.22. The minimum absolute atomic E-state index is 0.0849. The van der Waals surface area contributed by atoms with Gasteiger partial charge in [-0.15, -0.1) is 0 Å². The Balaban J connectivity index is 2.37. The molecule has 134 valence electrons. The highest BCUT2D eigenvalue weighted by molar-refractivity contribution is 6.04. The number of rotatable bonds is 6. The first-order valence-electron chi connectivity index (χ1n) is 8.34. The van der Waals surface area contributed by atoms with Gasteiger partial charge in [-0.3, -0.25) is 9.36 Å². The van der Waals surface area contributed by atoms with Crippen molar-refractivity contribution in [2.75, 3.05) is 6.61 Å². The fraction of sp³-hybridized carbons (Fsp3) is 0.200. The number of para-hydroxylation sites is 1. The van der Waals surface area contributed by atoms with Gasteiger partial charge < -0.3 is 15.5 Å². The number of nitrogens with zero attached hydrogens (tertiary/aromatic N) is 1. The van der Waals surface area contributed by atoms with Crippen molar-refractivity contribution < 1.29 is 15.0 Å². The molecule has 0 aliphatic rings. The van der Waals surface area contributed by atoms with Gasteiger partial charge in [-0.05, 0) is 25.1 Å². The van der Waals surface area contributed by atoms with Crippen molar-refractivity contribution in [3.05, 3.63) is 76.2 Å². The molecular weight excluding hydrogens is 332 g/mol. The van der Waals surface area contributed by atoms with E-state index in [1.165, 1.54) is 4.57 Å². The number of benzene rings is 2. The van der Waals surface area contributed by atoms with Crippen LogP contribution in [-0.2, 0) is 6.54 Å². The predicted octanol–water partition coefficient (Wildman–Crippen LogP) is 2.16. The number of carboxylic acid groups (broad SMARTS) is 1. The van der Waals surface area contributed by atoms with Gasteiger partial charge in [0, 0.05) is 29.0 Å². The summed E-state index contributed by atoms with van der Waals surface area (Å²) in [7, 11) is 0. The molecular formula is C20H20N2O4. The Bertz CT molecular complexity index is 996. The summed E-state index contributed by atoms with van der Waals surface area (Å²) in [4.78, 5) is 25.2. The standard InChI is InChI=1S/C20H20N2O4/c1-13(12-23)21-11-17-18(20(25)26)15-9-5-6-10-16(15)19(24)22(17)14-7-3-2-4-8-14/h2-10,13,21,23H,11-12H2,1H3,(H,25,26). The Morgan fingerprint density at radius 3 is 2.31 bits per heavy atom. The number of aliphatic hydroxyl groups is 1. The van der Waals surface area contributed by atoms with Crippen molar-refractivity contribution in [2.45, 2.75) is 19.5 Å². The van der Waals surface area contributed by atoms with E-state index in [2.05, 4.69) is 5.32 Å². The van der Waals surface area contributed by atoms with E-state index < -0.39 is 5.97 Å². The van der Waals surface area contributed by atoms with E-state index >= 15 is 0 Å². The first-order valence-corrected chi connectivity index (χ1v) is 8.34. The van der Waals surface area contributed by atoms with Gasteiger partial charge in [-0.1, -0.05) is 36.4 Å². The molecule has 0 spiro atoms. The molecule has 0 radical (unpaired) electrons. The van der Waals surface area contributed by atoms with Gasteiger partial charge >= 0.3 is 5.97 Å². The lowest BCUT2D eigenvalue weighted by atomic mass is 10.0. The van der Waals surface area contributed by atoms with Crippen LogP contribution in [0.4, 0.5) is 0 Å². The SMILES string of the molecule is CC(CO)NCc1c(C(=O)O)c2ccccc2c(=O)n1-c1ccccc1. The second-order valence-corrected chi connectivity index (χ2v) is 6.11. The Morgan fingerprint density at radius 1 is 1.08 bits per heavy atom. The minimum Gasteiger partial charge on any atom is -0.478 e. The Labute approximate surface area is 150 Å². The third-order valence-electron chi connectivity index (χ3n) is 4.31. The molecule has 0 aliphatic heterocycles. The zero-order valence-electron chi connectivity index (χ0n) is 14.3. The van der Waals surface area contributed by atoms with Crippen molar-refractivity contribution in [3.63, 3.8) is 0 Å². The Morgan fingerprint density at radius 2 is 1.69 bits per heavy atom. The number of fused-ring (bicyclic) bond motifs is 1. The van der Waals surface area contributed by atoms with Crippen molar-refractivity contribution in [3.8, 4) is 5.69 Å². The molecule has 6 heteroatoms. The number of aromatic carboxylic acids is 1.